The first-order valence-electron chi connectivity index (χ1n) is 15.3. The number of benzene rings is 1. The van der Waals surface area contributed by atoms with Crippen LogP contribution in [-0.2, 0) is 22.3 Å². The molecule has 1 aliphatic heterocycles. The lowest BCUT2D eigenvalue weighted by molar-refractivity contribution is 0.170. The molecule has 2 aliphatic rings. The molecule has 4 heterocycles. The first-order valence-corrected chi connectivity index (χ1v) is 15.3. The van der Waals surface area contributed by atoms with Gasteiger partial charge in [-0.1, -0.05) is 45.0 Å². The first kappa shape index (κ1) is 30.0. The smallest absolute Gasteiger partial charge is 0.320 e. The zero-order chi connectivity index (χ0) is 31.1. The van der Waals surface area contributed by atoms with Crippen LogP contribution in [0.4, 0.5) is 10.6 Å². The van der Waals surface area contributed by atoms with Gasteiger partial charge in [-0.2, -0.15) is 0 Å². The third-order valence-electron chi connectivity index (χ3n) is 8.93. The van der Waals surface area contributed by atoms with Crippen molar-refractivity contribution in [3.05, 3.63) is 77.1 Å². The number of carbonyl (C=O) groups is 1. The van der Waals surface area contributed by atoms with E-state index in [4.69, 9.17) is 9.47 Å². The number of rotatable bonds is 7. The van der Waals surface area contributed by atoms with Crippen molar-refractivity contribution in [2.24, 2.45) is 0 Å². The van der Waals surface area contributed by atoms with Gasteiger partial charge in [0.1, 0.15) is 24.3 Å². The number of fused-ring (bicyclic) bond motifs is 2. The van der Waals surface area contributed by atoms with Crippen LogP contribution in [-0.4, -0.2) is 56.2 Å². The third kappa shape index (κ3) is 5.86. The van der Waals surface area contributed by atoms with Gasteiger partial charge in [-0.15, -0.1) is 10.2 Å². The van der Waals surface area contributed by atoms with Crippen LogP contribution in [0.3, 0.4) is 0 Å². The average molecular weight is 599 g/mol. The van der Waals surface area contributed by atoms with Gasteiger partial charge in [0.05, 0.1) is 23.5 Å². The number of ether oxygens (including phenoxy) is 2. The van der Waals surface area contributed by atoms with E-state index in [1.807, 2.05) is 36.5 Å². The number of nitrogens with zero attached hydrogens (tertiary/aromatic N) is 6. The van der Waals surface area contributed by atoms with Crippen molar-refractivity contribution in [3.8, 4) is 5.75 Å². The van der Waals surface area contributed by atoms with Crippen molar-refractivity contribution in [1.82, 2.24) is 34.8 Å². The van der Waals surface area contributed by atoms with Gasteiger partial charge in [0.15, 0.2) is 17.3 Å². The predicted octanol–water partition coefficient (Wildman–Crippen LogP) is 5.68. The molecule has 0 spiro atoms. The SMILES string of the molecule is COCc1nc(NC(=O)N[C@H]2CC[C@@H](Oc3ccc4nnc([C@]5(C)CCCN5C)n4c3)c3ccccc32)cc(C(C)(C)C)n1. The van der Waals surface area contributed by atoms with Crippen molar-refractivity contribution in [2.75, 3.05) is 26.0 Å². The van der Waals surface area contributed by atoms with Gasteiger partial charge in [0.25, 0.3) is 0 Å². The molecule has 11 heteroatoms. The zero-order valence-corrected chi connectivity index (χ0v) is 26.4. The highest BCUT2D eigenvalue weighted by atomic mass is 16.5. The topological polar surface area (TPSA) is 119 Å². The molecule has 1 aromatic carbocycles. The number of hydrogen-bond acceptors (Lipinski definition) is 8. The van der Waals surface area contributed by atoms with Gasteiger partial charge in [-0.3, -0.25) is 14.6 Å². The van der Waals surface area contributed by atoms with E-state index in [1.165, 1.54) is 0 Å². The molecular weight excluding hydrogens is 556 g/mol. The van der Waals surface area contributed by atoms with Gasteiger partial charge in [-0.05, 0) is 69.5 Å². The van der Waals surface area contributed by atoms with Crippen LogP contribution in [0.15, 0.2) is 48.7 Å². The van der Waals surface area contributed by atoms with E-state index in [0.29, 0.717) is 11.6 Å². The Bertz CT molecular complexity index is 1660. The Kier molecular flexibility index (Phi) is 8.02. The molecule has 232 valence electrons. The van der Waals surface area contributed by atoms with Crippen molar-refractivity contribution in [2.45, 2.75) is 83.1 Å². The van der Waals surface area contributed by atoms with Gasteiger partial charge in [0, 0.05) is 18.6 Å². The predicted molar refractivity (Wildman–Crippen MR) is 168 cm³/mol. The number of methoxy groups -OCH3 is 1. The van der Waals surface area contributed by atoms with E-state index < -0.39 is 0 Å². The fourth-order valence-corrected chi connectivity index (χ4v) is 6.33. The van der Waals surface area contributed by atoms with Crippen LogP contribution < -0.4 is 15.4 Å². The quantitative estimate of drug-likeness (QED) is 0.279. The molecule has 1 aliphatic carbocycles. The highest BCUT2D eigenvalue weighted by Gasteiger charge is 2.40. The molecule has 2 N–H and O–H groups in total. The number of nitrogens with one attached hydrogen (secondary N) is 2. The summed E-state index contributed by atoms with van der Waals surface area (Å²) < 4.78 is 13.9. The summed E-state index contributed by atoms with van der Waals surface area (Å²) in [5.41, 5.74) is 3.37. The lowest BCUT2D eigenvalue weighted by atomic mass is 9.85. The molecule has 0 bridgehead atoms. The number of anilines is 1. The van der Waals surface area contributed by atoms with E-state index in [2.05, 4.69) is 87.0 Å². The molecule has 0 unspecified atom stereocenters. The second-order valence-corrected chi connectivity index (χ2v) is 13.1. The maximum atomic E-state index is 13.2. The van der Waals surface area contributed by atoms with Crippen molar-refractivity contribution < 1.29 is 14.3 Å². The lowest BCUT2D eigenvalue weighted by Crippen LogP contribution is -2.37. The lowest BCUT2D eigenvalue weighted by Gasteiger charge is -2.32. The van der Waals surface area contributed by atoms with E-state index in [0.717, 1.165) is 66.3 Å². The fraction of sp³-hybridized carbons (Fsp3) is 0.485. The molecule has 3 aromatic heterocycles. The summed E-state index contributed by atoms with van der Waals surface area (Å²) in [4.78, 5) is 24.7. The first-order chi connectivity index (χ1) is 21.0. The summed E-state index contributed by atoms with van der Waals surface area (Å²) in [5.74, 6) is 2.67. The number of carbonyl (C=O) groups excluding carboxylic acids is 1. The normalized spacial score (nSPS) is 22.1. The summed E-state index contributed by atoms with van der Waals surface area (Å²) >= 11 is 0. The molecule has 2 amide bonds. The molecule has 1 fully saturated rings. The highest BCUT2D eigenvalue weighted by molar-refractivity contribution is 5.88. The summed E-state index contributed by atoms with van der Waals surface area (Å²) in [6.07, 6.45) is 5.50. The summed E-state index contributed by atoms with van der Waals surface area (Å²) in [6.45, 7) is 9.76. The van der Waals surface area contributed by atoms with E-state index in [9.17, 15) is 4.79 Å². The number of hydrogen-bond donors (Lipinski definition) is 2. The Labute approximate surface area is 258 Å². The Morgan fingerprint density at radius 1 is 1.09 bits per heavy atom. The molecule has 11 nitrogen and oxygen atoms in total. The van der Waals surface area contributed by atoms with Gasteiger partial charge in [-0.25, -0.2) is 14.8 Å². The molecule has 0 saturated carbocycles. The van der Waals surface area contributed by atoms with Crippen molar-refractivity contribution in [1.29, 1.82) is 0 Å². The van der Waals surface area contributed by atoms with Gasteiger partial charge < -0.3 is 14.8 Å². The number of likely N-dealkylation sites (tertiary alicyclic amines) is 1. The van der Waals surface area contributed by atoms with Gasteiger partial charge >= 0.3 is 6.03 Å². The minimum absolute atomic E-state index is 0.151. The minimum Gasteiger partial charge on any atom is -0.484 e. The molecular formula is C33H42N8O3. The Balaban J connectivity index is 1.19. The van der Waals surface area contributed by atoms with Crippen LogP contribution in [0.25, 0.3) is 5.65 Å². The van der Waals surface area contributed by atoms with E-state index in [-0.39, 0.29) is 35.7 Å². The summed E-state index contributed by atoms with van der Waals surface area (Å²) in [6, 6.07) is 13.4. The number of urea groups is 1. The molecule has 4 aromatic rings. The molecule has 44 heavy (non-hydrogen) atoms. The average Bonchev–Trinajstić information content (AvgIpc) is 3.57. The minimum atomic E-state index is -0.318. The Morgan fingerprint density at radius 2 is 1.89 bits per heavy atom. The maximum Gasteiger partial charge on any atom is 0.320 e. The summed E-state index contributed by atoms with van der Waals surface area (Å²) in [7, 11) is 3.75. The maximum absolute atomic E-state index is 13.2. The van der Waals surface area contributed by atoms with Crippen LogP contribution in [0.1, 0.15) is 94.0 Å². The van der Waals surface area contributed by atoms with E-state index in [1.54, 1.807) is 7.11 Å². The second kappa shape index (κ2) is 11.8. The molecule has 6 rings (SSSR count). The van der Waals surface area contributed by atoms with Crippen molar-refractivity contribution >= 4 is 17.5 Å². The van der Waals surface area contributed by atoms with Crippen LogP contribution >= 0.6 is 0 Å². The number of pyridine rings is 1. The van der Waals surface area contributed by atoms with Gasteiger partial charge in [0.2, 0.25) is 0 Å². The number of aromatic nitrogens is 5. The third-order valence-corrected chi connectivity index (χ3v) is 8.93. The largest absolute Gasteiger partial charge is 0.484 e. The monoisotopic (exact) mass is 598 g/mol. The second-order valence-electron chi connectivity index (χ2n) is 13.1. The zero-order valence-electron chi connectivity index (χ0n) is 26.4. The highest BCUT2D eigenvalue weighted by Crippen LogP contribution is 2.40. The fourth-order valence-electron chi connectivity index (χ4n) is 6.33. The van der Waals surface area contributed by atoms with Crippen LogP contribution in [0, 0.1) is 0 Å². The molecule has 0 radical (unpaired) electrons. The van der Waals surface area contributed by atoms with Crippen LogP contribution in [0.5, 0.6) is 5.75 Å². The Hall–Kier alpha value is -4.09. The van der Waals surface area contributed by atoms with Crippen molar-refractivity contribution in [3.63, 3.8) is 0 Å². The molecule has 1 saturated heterocycles. The summed E-state index contributed by atoms with van der Waals surface area (Å²) in [5, 5.41) is 15.1. The van der Waals surface area contributed by atoms with Crippen LogP contribution in [0.2, 0.25) is 0 Å². The standard InChI is InChI=1S/C33H42N8O3/c1-32(2,3)26-18-27(36-28(35-26)20-43-6)37-31(42)34-24-13-14-25(23-11-8-7-10-22(23)24)44-21-12-15-29-38-39-30(41(29)19-21)33(4)16-9-17-40(33)5/h7-8,10-12,15,18-19,24-25H,9,13-14,16-17,20H2,1-6H3,(H2,34,35,36,37,42)/t24-,25+,33-/m0/s1. The van der Waals surface area contributed by atoms with E-state index >= 15 is 0 Å². The number of amides is 2. The Morgan fingerprint density at radius 3 is 2.61 bits per heavy atom. The molecule has 3 atom stereocenters.